The third kappa shape index (κ3) is 6.80. The highest BCUT2D eigenvalue weighted by Gasteiger charge is 2.44. The van der Waals surface area contributed by atoms with Gasteiger partial charge in [-0.1, -0.05) is 224 Å². The molecule has 0 bridgehead atoms. The summed E-state index contributed by atoms with van der Waals surface area (Å²) in [4.78, 5) is 5.06. The fraction of sp³-hybridized carbons (Fsp3) is 0. The molecule has 0 saturated heterocycles. The molecule has 4 heteroatoms. The lowest BCUT2D eigenvalue weighted by Crippen LogP contribution is -2.56. The van der Waals surface area contributed by atoms with Crippen LogP contribution in [-0.4, -0.2) is 11.3 Å². The Morgan fingerprint density at radius 2 is 0.769 bits per heavy atom. The number of fused-ring (bicyclic) bond motifs is 9. The summed E-state index contributed by atoms with van der Waals surface area (Å²) in [5, 5.41) is 7.42. The highest BCUT2D eigenvalue weighted by atomic mass is 15.2. The summed E-state index contributed by atoms with van der Waals surface area (Å²) in [5.74, 6) is 0. The van der Waals surface area contributed by atoms with Crippen LogP contribution in [0.2, 0.25) is 0 Å². The Balaban J connectivity index is 1.12. The van der Waals surface area contributed by atoms with E-state index in [2.05, 4.69) is 305 Å². The van der Waals surface area contributed by atoms with E-state index in [0.717, 1.165) is 45.3 Å². The molecule has 0 unspecified atom stereocenters. The fourth-order valence-corrected chi connectivity index (χ4v) is 13.2. The van der Waals surface area contributed by atoms with Crippen LogP contribution < -0.4 is 20.7 Å². The van der Waals surface area contributed by atoms with E-state index in [4.69, 9.17) is 0 Å². The number of hydrogen-bond donors (Lipinski definition) is 0. The van der Waals surface area contributed by atoms with E-state index in [1.807, 2.05) is 0 Å². The summed E-state index contributed by atoms with van der Waals surface area (Å²) in [6, 6.07) is 108. The van der Waals surface area contributed by atoms with Gasteiger partial charge >= 0.3 is 6.85 Å². The second-order valence-corrected chi connectivity index (χ2v) is 20.7. The van der Waals surface area contributed by atoms with E-state index in [1.54, 1.807) is 0 Å². The molecule has 0 amide bonds. The third-order valence-corrected chi connectivity index (χ3v) is 16.4. The van der Waals surface area contributed by atoms with Crippen molar-refractivity contribution in [3.8, 4) is 55.6 Å². The van der Waals surface area contributed by atoms with Gasteiger partial charge in [0, 0.05) is 61.5 Å². The van der Waals surface area contributed by atoms with Gasteiger partial charge in [-0.2, -0.15) is 0 Å². The second kappa shape index (κ2) is 17.7. The van der Waals surface area contributed by atoms with E-state index in [0.29, 0.717) is 0 Å². The lowest BCUT2D eigenvalue weighted by atomic mass is 9.45. The van der Waals surface area contributed by atoms with Crippen LogP contribution in [0.15, 0.2) is 291 Å². The highest BCUT2D eigenvalue weighted by molar-refractivity contribution is 6.90. The smallest absolute Gasteiger partial charge is 0.333 e. The molecule has 13 aromatic carbocycles. The maximum absolute atomic E-state index is 2.69. The Morgan fingerprint density at radius 3 is 1.33 bits per heavy atom. The van der Waals surface area contributed by atoms with Gasteiger partial charge < -0.3 is 14.3 Å². The van der Waals surface area contributed by atoms with Crippen LogP contribution in [0.4, 0.5) is 34.1 Å². The van der Waals surface area contributed by atoms with Crippen molar-refractivity contribution in [1.82, 2.24) is 4.48 Å². The first-order chi connectivity index (χ1) is 38.7. The molecule has 0 atom stereocenters. The van der Waals surface area contributed by atoms with Crippen molar-refractivity contribution in [2.45, 2.75) is 0 Å². The van der Waals surface area contributed by atoms with Crippen molar-refractivity contribution in [1.29, 1.82) is 0 Å². The van der Waals surface area contributed by atoms with Gasteiger partial charge in [-0.25, -0.2) is 0 Å². The largest absolute Gasteiger partial charge is 0.375 e. The number of aromatic nitrogens is 1. The molecule has 2 aliphatic rings. The molecule has 3 nitrogen and oxygen atoms in total. The van der Waals surface area contributed by atoms with Gasteiger partial charge in [-0.15, -0.1) is 0 Å². The lowest BCUT2D eigenvalue weighted by molar-refractivity contribution is 1.24. The monoisotopic (exact) mass is 989 g/mol. The van der Waals surface area contributed by atoms with Gasteiger partial charge in [0.1, 0.15) is 0 Å². The SMILES string of the molecule is c1ccc(-c2cc(-c3ccccc3)cc(N3c4cc5c(-c6ccccc6)c6ccccc6c(-c6ccccc6)c5cc4B4c5c(cc(N(c6ccccc6)c6ccccc6)cc53)-c3cccc5c6ccccc6n4c35)c2)cc1. The molecule has 1 aromatic heterocycles. The normalized spacial score (nSPS) is 12.3. The van der Waals surface area contributed by atoms with Crippen molar-refractivity contribution >= 4 is 95.2 Å². The molecular formula is C74H48BN3. The summed E-state index contributed by atoms with van der Waals surface area (Å²) in [5.41, 5.74) is 23.6. The highest BCUT2D eigenvalue weighted by Crippen LogP contribution is 2.52. The molecule has 0 aliphatic carbocycles. The second-order valence-electron chi connectivity index (χ2n) is 20.7. The maximum atomic E-state index is 2.69. The fourth-order valence-electron chi connectivity index (χ4n) is 13.2. The van der Waals surface area contributed by atoms with Crippen molar-refractivity contribution in [2.75, 3.05) is 9.80 Å². The van der Waals surface area contributed by atoms with Crippen LogP contribution in [0.5, 0.6) is 0 Å². The number of anilines is 6. The number of para-hydroxylation sites is 4. The van der Waals surface area contributed by atoms with Crippen molar-refractivity contribution < 1.29 is 0 Å². The zero-order valence-electron chi connectivity index (χ0n) is 42.6. The van der Waals surface area contributed by atoms with E-state index >= 15 is 0 Å². The molecule has 14 aromatic rings. The molecule has 78 heavy (non-hydrogen) atoms. The minimum Gasteiger partial charge on any atom is -0.375 e. The molecule has 0 saturated carbocycles. The first-order valence-corrected chi connectivity index (χ1v) is 27.0. The summed E-state index contributed by atoms with van der Waals surface area (Å²) in [6.07, 6.45) is 0. The predicted molar refractivity (Wildman–Crippen MR) is 331 cm³/mol. The lowest BCUT2D eigenvalue weighted by Gasteiger charge is -2.42. The molecule has 362 valence electrons. The minimum atomic E-state index is -0.194. The van der Waals surface area contributed by atoms with Crippen LogP contribution in [0, 0.1) is 0 Å². The van der Waals surface area contributed by atoms with Gasteiger partial charge in [-0.05, 0) is 149 Å². The van der Waals surface area contributed by atoms with Crippen LogP contribution in [0.3, 0.4) is 0 Å². The van der Waals surface area contributed by atoms with E-state index in [-0.39, 0.29) is 6.85 Å². The first kappa shape index (κ1) is 44.2. The average molecular weight is 990 g/mol. The van der Waals surface area contributed by atoms with Gasteiger partial charge in [0.25, 0.3) is 0 Å². The first-order valence-electron chi connectivity index (χ1n) is 27.0. The zero-order valence-corrected chi connectivity index (χ0v) is 42.6. The molecule has 2 aliphatic heterocycles. The Hall–Kier alpha value is -10.2. The molecule has 0 spiro atoms. The van der Waals surface area contributed by atoms with Crippen LogP contribution >= 0.6 is 0 Å². The third-order valence-electron chi connectivity index (χ3n) is 16.4. The van der Waals surface area contributed by atoms with Crippen LogP contribution in [0.1, 0.15) is 0 Å². The summed E-state index contributed by atoms with van der Waals surface area (Å²) >= 11 is 0. The zero-order chi connectivity index (χ0) is 51.3. The number of rotatable bonds is 8. The quantitative estimate of drug-likeness (QED) is 0.111. The van der Waals surface area contributed by atoms with Crippen molar-refractivity contribution in [3.05, 3.63) is 291 Å². The summed E-state index contributed by atoms with van der Waals surface area (Å²) in [6.45, 7) is -0.194. The van der Waals surface area contributed by atoms with Gasteiger partial charge in [0.05, 0.1) is 0 Å². The minimum absolute atomic E-state index is 0.194. The summed E-state index contributed by atoms with van der Waals surface area (Å²) < 4.78 is 2.69. The molecule has 0 radical (unpaired) electrons. The molecule has 16 rings (SSSR count). The van der Waals surface area contributed by atoms with Crippen LogP contribution in [-0.2, 0) is 0 Å². The van der Waals surface area contributed by atoms with Gasteiger partial charge in [0.15, 0.2) is 0 Å². The van der Waals surface area contributed by atoms with E-state index < -0.39 is 0 Å². The van der Waals surface area contributed by atoms with Crippen LogP contribution in [0.25, 0.3) is 99.0 Å². The maximum Gasteiger partial charge on any atom is 0.333 e. The van der Waals surface area contributed by atoms with E-state index in [9.17, 15) is 0 Å². The Bertz CT molecular complexity index is 4560. The Morgan fingerprint density at radius 1 is 0.295 bits per heavy atom. The van der Waals surface area contributed by atoms with Crippen molar-refractivity contribution in [3.63, 3.8) is 0 Å². The number of benzene rings is 13. The Labute approximate surface area is 453 Å². The predicted octanol–water partition coefficient (Wildman–Crippen LogP) is 18.7. The standard InChI is InChI=1S/C74H48BN3/c1-7-24-49(25-8-1)53-42-54(50-26-9-2-10-27-50)44-57(43-53)77-69-48-65-64(71(51-28-11-3-12-29-51)60-37-19-20-38-61(60)72(65)52-30-13-4-14-31-52)47-67(69)75-73-66(63-40-23-39-62-59-36-21-22-41-68(59)78(75)74(62)63)45-58(46-70(73)77)76(55-32-15-5-16-33-55)56-34-17-6-18-35-56/h1-48H. The molecule has 3 heterocycles. The number of hydrogen-bond acceptors (Lipinski definition) is 2. The Kier molecular flexibility index (Phi) is 10.0. The topological polar surface area (TPSA) is 11.4 Å². The molecule has 0 N–H and O–H groups in total. The summed E-state index contributed by atoms with van der Waals surface area (Å²) in [7, 11) is 0. The van der Waals surface area contributed by atoms with E-state index in [1.165, 1.54) is 98.8 Å². The average Bonchev–Trinajstić information content (AvgIpc) is 4.03. The van der Waals surface area contributed by atoms with Gasteiger partial charge in [0.2, 0.25) is 0 Å². The number of nitrogens with zero attached hydrogens (tertiary/aromatic N) is 3. The molecule has 0 fully saturated rings. The van der Waals surface area contributed by atoms with Gasteiger partial charge in [-0.3, -0.25) is 0 Å². The molecular weight excluding hydrogens is 942 g/mol. The van der Waals surface area contributed by atoms with Crippen molar-refractivity contribution in [2.24, 2.45) is 0 Å².